The minimum absolute atomic E-state index is 0.226. The van der Waals surface area contributed by atoms with Crippen molar-refractivity contribution in [3.05, 3.63) is 64.5 Å². The lowest BCUT2D eigenvalue weighted by Gasteiger charge is -2.16. The molecule has 1 aliphatic heterocycles. The summed E-state index contributed by atoms with van der Waals surface area (Å²) >= 11 is 0. The maximum absolute atomic E-state index is 13.1. The molecule has 3 rings (SSSR count). The van der Waals surface area contributed by atoms with E-state index in [9.17, 15) is 4.39 Å². The summed E-state index contributed by atoms with van der Waals surface area (Å²) in [5.74, 6) is 0.725. The Kier molecular flexibility index (Phi) is 2.99. The molecular formula is C16H16FNO. The largest absolute Gasteiger partial charge is 0.493 e. The molecular weight excluding hydrogens is 241 g/mol. The average Bonchev–Trinajstić information content (AvgIpc) is 2.85. The SMILES string of the molecule is Cc1cc(F)ccc1C(N)c1ccc2c(c1)CCO2. The molecule has 98 valence electrons. The highest BCUT2D eigenvalue weighted by Crippen LogP contribution is 2.30. The zero-order valence-corrected chi connectivity index (χ0v) is 10.8. The Hall–Kier alpha value is -1.87. The van der Waals surface area contributed by atoms with E-state index in [4.69, 9.17) is 10.5 Å². The van der Waals surface area contributed by atoms with Crippen LogP contribution in [0.5, 0.6) is 5.75 Å². The molecule has 19 heavy (non-hydrogen) atoms. The number of ether oxygens (including phenoxy) is 1. The van der Waals surface area contributed by atoms with E-state index in [1.54, 1.807) is 6.07 Å². The van der Waals surface area contributed by atoms with Gasteiger partial charge in [-0.25, -0.2) is 4.39 Å². The van der Waals surface area contributed by atoms with Crippen LogP contribution in [0.4, 0.5) is 4.39 Å². The van der Waals surface area contributed by atoms with Gasteiger partial charge in [0.15, 0.2) is 0 Å². The Balaban J connectivity index is 1.97. The Labute approximate surface area is 112 Å². The molecule has 0 saturated carbocycles. The predicted octanol–water partition coefficient (Wildman–Crippen LogP) is 3.12. The Morgan fingerprint density at radius 1 is 1.21 bits per heavy atom. The summed E-state index contributed by atoms with van der Waals surface area (Å²) in [7, 11) is 0. The number of aryl methyl sites for hydroxylation is 1. The summed E-state index contributed by atoms with van der Waals surface area (Å²) in [6, 6.07) is 10.6. The van der Waals surface area contributed by atoms with Crippen molar-refractivity contribution in [2.45, 2.75) is 19.4 Å². The molecule has 1 aliphatic rings. The smallest absolute Gasteiger partial charge is 0.123 e. The molecule has 2 nitrogen and oxygen atoms in total. The van der Waals surface area contributed by atoms with Gasteiger partial charge in [0, 0.05) is 6.42 Å². The van der Waals surface area contributed by atoms with Crippen molar-refractivity contribution in [2.24, 2.45) is 5.73 Å². The van der Waals surface area contributed by atoms with Gasteiger partial charge in [0.2, 0.25) is 0 Å². The van der Waals surface area contributed by atoms with Crippen molar-refractivity contribution in [3.63, 3.8) is 0 Å². The van der Waals surface area contributed by atoms with Crippen molar-refractivity contribution in [2.75, 3.05) is 6.61 Å². The third-order valence-corrected chi connectivity index (χ3v) is 3.64. The van der Waals surface area contributed by atoms with Gasteiger partial charge in [-0.3, -0.25) is 0 Å². The molecule has 2 N–H and O–H groups in total. The average molecular weight is 257 g/mol. The molecule has 3 heteroatoms. The first kappa shape index (κ1) is 12.2. The lowest BCUT2D eigenvalue weighted by molar-refractivity contribution is 0.357. The van der Waals surface area contributed by atoms with Gasteiger partial charge in [0.1, 0.15) is 11.6 Å². The van der Waals surface area contributed by atoms with E-state index in [0.29, 0.717) is 0 Å². The van der Waals surface area contributed by atoms with Crippen LogP contribution in [-0.2, 0) is 6.42 Å². The highest BCUT2D eigenvalue weighted by atomic mass is 19.1. The second-order valence-corrected chi connectivity index (χ2v) is 4.94. The lowest BCUT2D eigenvalue weighted by Crippen LogP contribution is -2.13. The van der Waals surface area contributed by atoms with Crippen LogP contribution < -0.4 is 10.5 Å². The predicted molar refractivity (Wildman–Crippen MR) is 72.8 cm³/mol. The lowest BCUT2D eigenvalue weighted by atomic mass is 9.94. The number of hydrogen-bond acceptors (Lipinski definition) is 2. The summed E-state index contributed by atoms with van der Waals surface area (Å²) < 4.78 is 18.6. The van der Waals surface area contributed by atoms with Gasteiger partial charge in [-0.05, 0) is 47.4 Å². The van der Waals surface area contributed by atoms with Crippen molar-refractivity contribution in [1.82, 2.24) is 0 Å². The second-order valence-electron chi connectivity index (χ2n) is 4.94. The summed E-state index contributed by atoms with van der Waals surface area (Å²) in [5.41, 5.74) is 10.4. The highest BCUT2D eigenvalue weighted by Gasteiger charge is 2.17. The standard InChI is InChI=1S/C16H16FNO/c1-10-8-13(17)3-4-14(10)16(18)12-2-5-15-11(9-12)6-7-19-15/h2-5,8-9,16H,6-7,18H2,1H3. The molecule has 1 atom stereocenters. The normalized spacial score (nSPS) is 14.9. The molecule has 0 aliphatic carbocycles. The fourth-order valence-electron chi connectivity index (χ4n) is 2.57. The first-order chi connectivity index (χ1) is 9.15. The molecule has 0 aromatic heterocycles. The van der Waals surface area contributed by atoms with Crippen LogP contribution in [0.25, 0.3) is 0 Å². The Morgan fingerprint density at radius 3 is 2.84 bits per heavy atom. The van der Waals surface area contributed by atoms with Crippen LogP contribution in [0.15, 0.2) is 36.4 Å². The van der Waals surface area contributed by atoms with Gasteiger partial charge < -0.3 is 10.5 Å². The van der Waals surface area contributed by atoms with Crippen LogP contribution in [0.2, 0.25) is 0 Å². The monoisotopic (exact) mass is 257 g/mol. The number of benzene rings is 2. The highest BCUT2D eigenvalue weighted by molar-refractivity contribution is 5.44. The molecule has 0 bridgehead atoms. The molecule has 1 unspecified atom stereocenters. The van der Waals surface area contributed by atoms with Gasteiger partial charge >= 0.3 is 0 Å². The molecule has 2 aromatic rings. The molecule has 0 radical (unpaired) electrons. The van der Waals surface area contributed by atoms with Crippen LogP contribution in [0, 0.1) is 12.7 Å². The number of halogens is 1. The molecule has 0 amide bonds. The summed E-state index contributed by atoms with van der Waals surface area (Å²) in [4.78, 5) is 0. The first-order valence-electron chi connectivity index (χ1n) is 6.42. The molecule has 1 heterocycles. The fraction of sp³-hybridized carbons (Fsp3) is 0.250. The van der Waals surface area contributed by atoms with Crippen molar-refractivity contribution in [3.8, 4) is 5.75 Å². The summed E-state index contributed by atoms with van der Waals surface area (Å²) in [6.07, 6.45) is 0.929. The number of fused-ring (bicyclic) bond motifs is 1. The van der Waals surface area contributed by atoms with E-state index in [2.05, 4.69) is 6.07 Å². The van der Waals surface area contributed by atoms with Crippen LogP contribution in [0.3, 0.4) is 0 Å². The van der Waals surface area contributed by atoms with Crippen molar-refractivity contribution < 1.29 is 9.13 Å². The third-order valence-electron chi connectivity index (χ3n) is 3.64. The van der Waals surface area contributed by atoms with Gasteiger partial charge in [-0.1, -0.05) is 18.2 Å². The van der Waals surface area contributed by atoms with E-state index >= 15 is 0 Å². The van der Waals surface area contributed by atoms with Gasteiger partial charge in [-0.2, -0.15) is 0 Å². The van der Waals surface area contributed by atoms with E-state index in [-0.39, 0.29) is 11.9 Å². The fourth-order valence-corrected chi connectivity index (χ4v) is 2.57. The topological polar surface area (TPSA) is 35.2 Å². The maximum atomic E-state index is 13.1. The van der Waals surface area contributed by atoms with E-state index < -0.39 is 0 Å². The van der Waals surface area contributed by atoms with Crippen LogP contribution >= 0.6 is 0 Å². The number of rotatable bonds is 2. The van der Waals surface area contributed by atoms with Crippen molar-refractivity contribution in [1.29, 1.82) is 0 Å². The quantitative estimate of drug-likeness (QED) is 0.897. The molecule has 0 spiro atoms. The van der Waals surface area contributed by atoms with E-state index in [0.717, 1.165) is 35.5 Å². The minimum Gasteiger partial charge on any atom is -0.493 e. The van der Waals surface area contributed by atoms with Gasteiger partial charge in [0.05, 0.1) is 12.6 Å². The van der Waals surface area contributed by atoms with Crippen molar-refractivity contribution >= 4 is 0 Å². The van der Waals surface area contributed by atoms with Gasteiger partial charge in [0.25, 0.3) is 0 Å². The third kappa shape index (κ3) is 2.22. The summed E-state index contributed by atoms with van der Waals surface area (Å²) in [6.45, 7) is 2.62. The van der Waals surface area contributed by atoms with Gasteiger partial charge in [-0.15, -0.1) is 0 Å². The zero-order chi connectivity index (χ0) is 13.4. The Morgan fingerprint density at radius 2 is 2.05 bits per heavy atom. The van der Waals surface area contributed by atoms with E-state index in [1.807, 2.05) is 19.1 Å². The van der Waals surface area contributed by atoms with E-state index in [1.165, 1.54) is 17.7 Å². The first-order valence-corrected chi connectivity index (χ1v) is 6.42. The zero-order valence-electron chi connectivity index (χ0n) is 10.8. The number of hydrogen-bond donors (Lipinski definition) is 1. The van der Waals surface area contributed by atoms with Crippen LogP contribution in [0.1, 0.15) is 28.3 Å². The Bertz CT molecular complexity index is 624. The second kappa shape index (κ2) is 4.67. The number of nitrogens with two attached hydrogens (primary N) is 1. The van der Waals surface area contributed by atoms with Crippen LogP contribution in [-0.4, -0.2) is 6.61 Å². The summed E-state index contributed by atoms with van der Waals surface area (Å²) in [5, 5.41) is 0. The minimum atomic E-state index is -0.230. The molecule has 2 aromatic carbocycles. The molecule has 0 fully saturated rings. The molecule has 0 saturated heterocycles. The maximum Gasteiger partial charge on any atom is 0.123 e.